The van der Waals surface area contributed by atoms with Crippen molar-refractivity contribution in [2.45, 2.75) is 18.6 Å². The topological polar surface area (TPSA) is 58.6 Å². The van der Waals surface area contributed by atoms with Crippen LogP contribution < -0.4 is 10.1 Å². The summed E-state index contributed by atoms with van der Waals surface area (Å²) in [6, 6.07) is 11.1. The maximum atomic E-state index is 13.3. The van der Waals surface area contributed by atoms with Gasteiger partial charge in [-0.15, -0.1) is 0 Å². The van der Waals surface area contributed by atoms with E-state index in [1.165, 1.54) is 12.1 Å². The van der Waals surface area contributed by atoms with Gasteiger partial charge in [0.15, 0.2) is 0 Å². The van der Waals surface area contributed by atoms with Crippen LogP contribution in [-0.2, 0) is 11.3 Å². The normalized spacial score (nSPS) is 24.1. The van der Waals surface area contributed by atoms with Gasteiger partial charge in [-0.2, -0.15) is 0 Å². The zero-order valence-electron chi connectivity index (χ0n) is 11.6. The standard InChI is InChI=1S/C17H14FNO3/c18-10-3-6-13-12(7-10)14-15(16(14)22-13)17(21)19-8-9-1-4-11(20)5-2-9/h1-7,14-16,20H,8H2,(H,19,21). The number of amides is 1. The van der Waals surface area contributed by atoms with E-state index in [-0.39, 0.29) is 35.4 Å². The fourth-order valence-corrected chi connectivity index (χ4v) is 3.07. The van der Waals surface area contributed by atoms with Crippen molar-refractivity contribution in [2.24, 2.45) is 5.92 Å². The van der Waals surface area contributed by atoms with Crippen LogP contribution in [0.2, 0.25) is 0 Å². The number of aromatic hydroxyl groups is 1. The lowest BCUT2D eigenvalue weighted by molar-refractivity contribution is -0.123. The van der Waals surface area contributed by atoms with Crippen LogP contribution in [0.15, 0.2) is 42.5 Å². The summed E-state index contributed by atoms with van der Waals surface area (Å²) in [7, 11) is 0. The lowest BCUT2D eigenvalue weighted by Gasteiger charge is -2.09. The van der Waals surface area contributed by atoms with Crippen molar-refractivity contribution >= 4 is 5.91 Å². The van der Waals surface area contributed by atoms with Crippen molar-refractivity contribution in [1.29, 1.82) is 0 Å². The van der Waals surface area contributed by atoms with Gasteiger partial charge in [-0.05, 0) is 35.9 Å². The number of hydrogen-bond donors (Lipinski definition) is 2. The highest BCUT2D eigenvalue weighted by atomic mass is 19.1. The van der Waals surface area contributed by atoms with Crippen LogP contribution in [0.1, 0.15) is 17.0 Å². The SMILES string of the molecule is O=C(NCc1ccc(O)cc1)C1C2Oc3ccc(F)cc3C21. The van der Waals surface area contributed by atoms with Crippen molar-refractivity contribution in [3.8, 4) is 11.5 Å². The van der Waals surface area contributed by atoms with Crippen LogP contribution in [0, 0.1) is 11.7 Å². The third-order valence-corrected chi connectivity index (χ3v) is 4.25. The summed E-state index contributed by atoms with van der Waals surface area (Å²) in [6.07, 6.45) is -0.170. The van der Waals surface area contributed by atoms with E-state index >= 15 is 0 Å². The molecule has 1 fully saturated rings. The minimum atomic E-state index is -0.307. The third-order valence-electron chi connectivity index (χ3n) is 4.25. The molecule has 4 rings (SSSR count). The van der Waals surface area contributed by atoms with Gasteiger partial charge in [-0.3, -0.25) is 4.79 Å². The first kappa shape index (κ1) is 13.1. The lowest BCUT2D eigenvalue weighted by Crippen LogP contribution is -2.27. The Bertz CT molecular complexity index is 744. The monoisotopic (exact) mass is 299 g/mol. The first-order valence-electron chi connectivity index (χ1n) is 7.15. The fourth-order valence-electron chi connectivity index (χ4n) is 3.07. The Hall–Kier alpha value is -2.56. The molecule has 0 radical (unpaired) electrons. The summed E-state index contributed by atoms with van der Waals surface area (Å²) >= 11 is 0. The quantitative estimate of drug-likeness (QED) is 0.914. The minimum absolute atomic E-state index is 0.0366. The van der Waals surface area contributed by atoms with E-state index in [1.807, 2.05) is 0 Å². The summed E-state index contributed by atoms with van der Waals surface area (Å²) in [5.74, 6) is 0.200. The maximum absolute atomic E-state index is 13.3. The van der Waals surface area contributed by atoms with E-state index in [2.05, 4.69) is 5.32 Å². The largest absolute Gasteiger partial charge is 0.508 e. The summed E-state index contributed by atoms with van der Waals surface area (Å²) in [6.45, 7) is 0.394. The number of ether oxygens (including phenoxy) is 1. The highest BCUT2D eigenvalue weighted by molar-refractivity contribution is 5.85. The van der Waals surface area contributed by atoms with Crippen molar-refractivity contribution in [3.05, 3.63) is 59.4 Å². The Morgan fingerprint density at radius 1 is 1.23 bits per heavy atom. The number of carbonyl (C=O) groups is 1. The first-order chi connectivity index (χ1) is 10.6. The van der Waals surface area contributed by atoms with Gasteiger partial charge in [0.25, 0.3) is 0 Å². The number of halogens is 1. The summed E-state index contributed by atoms with van der Waals surface area (Å²) in [5, 5.41) is 12.1. The van der Waals surface area contributed by atoms with Gasteiger partial charge in [0.2, 0.25) is 5.91 Å². The minimum Gasteiger partial charge on any atom is -0.508 e. The second-order valence-corrected chi connectivity index (χ2v) is 5.70. The molecule has 2 aliphatic rings. The Labute approximate surface area is 126 Å². The molecule has 1 saturated carbocycles. The summed E-state index contributed by atoms with van der Waals surface area (Å²) in [4.78, 5) is 12.2. The van der Waals surface area contributed by atoms with E-state index < -0.39 is 0 Å². The molecule has 1 aliphatic carbocycles. The van der Waals surface area contributed by atoms with Crippen LogP contribution in [0.3, 0.4) is 0 Å². The van der Waals surface area contributed by atoms with Crippen molar-refractivity contribution in [2.75, 3.05) is 0 Å². The van der Waals surface area contributed by atoms with E-state index in [0.717, 1.165) is 11.1 Å². The second-order valence-electron chi connectivity index (χ2n) is 5.70. The molecule has 1 amide bonds. The number of hydrogen-bond acceptors (Lipinski definition) is 3. The number of rotatable bonds is 3. The van der Waals surface area contributed by atoms with Crippen molar-refractivity contribution < 1.29 is 19.0 Å². The van der Waals surface area contributed by atoms with Crippen LogP contribution in [0.25, 0.3) is 0 Å². The molecule has 4 nitrogen and oxygen atoms in total. The van der Waals surface area contributed by atoms with Gasteiger partial charge in [-0.25, -0.2) is 4.39 Å². The number of nitrogens with one attached hydrogen (secondary N) is 1. The molecule has 2 aromatic rings. The number of phenols is 1. The van der Waals surface area contributed by atoms with Crippen LogP contribution in [0.5, 0.6) is 11.5 Å². The molecule has 22 heavy (non-hydrogen) atoms. The number of fused-ring (bicyclic) bond motifs is 3. The van der Waals surface area contributed by atoms with Crippen LogP contribution in [0.4, 0.5) is 4.39 Å². The van der Waals surface area contributed by atoms with Gasteiger partial charge in [0.05, 0.1) is 5.92 Å². The number of phenolic OH excluding ortho intramolecular Hbond substituents is 1. The zero-order valence-corrected chi connectivity index (χ0v) is 11.6. The van der Waals surface area contributed by atoms with E-state index in [0.29, 0.717) is 12.3 Å². The van der Waals surface area contributed by atoms with E-state index in [1.54, 1.807) is 30.3 Å². The predicted octanol–water partition coefficient (Wildman–Crippen LogP) is 2.32. The fraction of sp³-hybridized carbons (Fsp3) is 0.235. The highest BCUT2D eigenvalue weighted by Crippen LogP contribution is 2.58. The Morgan fingerprint density at radius 3 is 2.77 bits per heavy atom. The molecule has 5 heteroatoms. The molecule has 1 heterocycles. The van der Waals surface area contributed by atoms with Gasteiger partial charge >= 0.3 is 0 Å². The Kier molecular flexibility index (Phi) is 2.82. The van der Waals surface area contributed by atoms with Gasteiger partial charge < -0.3 is 15.2 Å². The predicted molar refractivity (Wildman–Crippen MR) is 77.0 cm³/mol. The van der Waals surface area contributed by atoms with Crippen LogP contribution in [-0.4, -0.2) is 17.1 Å². The molecule has 1 aliphatic heterocycles. The smallest absolute Gasteiger partial charge is 0.227 e. The molecule has 3 unspecified atom stereocenters. The molecule has 112 valence electrons. The molecule has 0 spiro atoms. The number of benzene rings is 2. The average Bonchev–Trinajstić information content (AvgIpc) is 3.11. The zero-order chi connectivity index (χ0) is 15.3. The molecule has 3 atom stereocenters. The molecule has 2 N–H and O–H groups in total. The van der Waals surface area contributed by atoms with Gasteiger partial charge in [0.1, 0.15) is 23.4 Å². The third kappa shape index (κ3) is 2.09. The maximum Gasteiger partial charge on any atom is 0.227 e. The van der Waals surface area contributed by atoms with Gasteiger partial charge in [0, 0.05) is 18.0 Å². The first-order valence-corrected chi connectivity index (χ1v) is 7.15. The molecule has 0 bridgehead atoms. The second kappa shape index (κ2) is 4.73. The van der Waals surface area contributed by atoms with Crippen molar-refractivity contribution in [1.82, 2.24) is 5.32 Å². The molecule has 0 saturated heterocycles. The molecular weight excluding hydrogens is 285 g/mol. The molecule has 2 aromatic carbocycles. The van der Waals surface area contributed by atoms with Crippen LogP contribution >= 0.6 is 0 Å². The Morgan fingerprint density at radius 2 is 2.00 bits per heavy atom. The summed E-state index contributed by atoms with van der Waals surface area (Å²) in [5.41, 5.74) is 1.69. The molecular formula is C17H14FNO3. The van der Waals surface area contributed by atoms with Gasteiger partial charge in [-0.1, -0.05) is 12.1 Å². The van der Waals surface area contributed by atoms with Crippen molar-refractivity contribution in [3.63, 3.8) is 0 Å². The van der Waals surface area contributed by atoms with E-state index in [9.17, 15) is 14.3 Å². The molecule has 0 aromatic heterocycles. The highest BCUT2D eigenvalue weighted by Gasteiger charge is 2.62. The summed E-state index contributed by atoms with van der Waals surface area (Å²) < 4.78 is 19.0. The Balaban J connectivity index is 1.41. The lowest BCUT2D eigenvalue weighted by atomic mass is 10.1. The number of carbonyl (C=O) groups excluding carboxylic acids is 1. The average molecular weight is 299 g/mol. The van der Waals surface area contributed by atoms with E-state index in [4.69, 9.17) is 4.74 Å².